The molecule has 0 fully saturated rings. The van der Waals surface area contributed by atoms with Gasteiger partial charge in [0.1, 0.15) is 11.9 Å². The molecule has 0 unspecified atom stereocenters. The number of carbonyl (C=O) groups excluding carboxylic acids is 1. The third kappa shape index (κ3) is 7.83. The molecule has 7 nitrogen and oxygen atoms in total. The van der Waals surface area contributed by atoms with Crippen LogP contribution in [0.5, 0.6) is 0 Å². The summed E-state index contributed by atoms with van der Waals surface area (Å²) in [7, 11) is -4.04. The van der Waals surface area contributed by atoms with E-state index in [1.807, 2.05) is 48.5 Å². The standard InChI is InChI=1S/C15H14FNO4S.C13H11NO/c16-12-6-8-13(9-7-12)22(20,21)17-14(15(18)19)10-11-4-2-1-3-5-11;14-13(15)12-9-5-4-8-11(12)10-6-2-1-3-7-10/h1-9,14,17H,10H2,(H,18,19);1-9H,(H2,14,15)/t14-;/m0./s1. The molecule has 0 saturated carbocycles. The zero-order valence-electron chi connectivity index (χ0n) is 19.6. The topological polar surface area (TPSA) is 127 Å². The predicted octanol–water partition coefficient (Wildman–Crippen LogP) is 4.25. The molecule has 4 N–H and O–H groups in total. The van der Waals surface area contributed by atoms with Crippen LogP contribution in [0.15, 0.2) is 114 Å². The number of rotatable bonds is 8. The molecule has 0 aliphatic rings. The summed E-state index contributed by atoms with van der Waals surface area (Å²) in [5.74, 6) is -2.25. The number of halogens is 1. The summed E-state index contributed by atoms with van der Waals surface area (Å²) >= 11 is 0. The van der Waals surface area contributed by atoms with Crippen LogP contribution in [0.3, 0.4) is 0 Å². The molecule has 190 valence electrons. The first-order valence-electron chi connectivity index (χ1n) is 11.2. The number of carbonyl (C=O) groups is 2. The van der Waals surface area contributed by atoms with Crippen molar-refractivity contribution in [3.05, 3.63) is 126 Å². The number of amides is 1. The van der Waals surface area contributed by atoms with Gasteiger partial charge in [0, 0.05) is 5.56 Å². The van der Waals surface area contributed by atoms with Crippen molar-refractivity contribution in [3.63, 3.8) is 0 Å². The van der Waals surface area contributed by atoms with E-state index in [9.17, 15) is 27.5 Å². The molecule has 0 aliphatic carbocycles. The maximum absolute atomic E-state index is 12.8. The van der Waals surface area contributed by atoms with E-state index in [1.165, 1.54) is 0 Å². The summed E-state index contributed by atoms with van der Waals surface area (Å²) < 4.78 is 39.3. The molecule has 9 heteroatoms. The van der Waals surface area contributed by atoms with Crippen LogP contribution in [-0.4, -0.2) is 31.4 Å². The Hall–Kier alpha value is -4.34. The number of carboxylic acid groups (broad SMARTS) is 1. The molecule has 37 heavy (non-hydrogen) atoms. The molecule has 1 amide bonds. The monoisotopic (exact) mass is 520 g/mol. The van der Waals surface area contributed by atoms with Crippen molar-refractivity contribution < 1.29 is 27.5 Å². The van der Waals surface area contributed by atoms with E-state index in [0.717, 1.165) is 35.4 Å². The quantitative estimate of drug-likeness (QED) is 0.320. The number of nitrogens with two attached hydrogens (primary N) is 1. The van der Waals surface area contributed by atoms with Gasteiger partial charge in [-0.05, 0) is 53.4 Å². The molecule has 4 aromatic carbocycles. The number of carboxylic acids is 1. The smallest absolute Gasteiger partial charge is 0.322 e. The van der Waals surface area contributed by atoms with Gasteiger partial charge < -0.3 is 10.8 Å². The molecule has 0 aliphatic heterocycles. The lowest BCUT2D eigenvalue weighted by Crippen LogP contribution is -2.42. The molecular formula is C28H25FN2O5S. The predicted molar refractivity (Wildman–Crippen MR) is 139 cm³/mol. The van der Waals surface area contributed by atoms with Gasteiger partial charge >= 0.3 is 5.97 Å². The Morgan fingerprint density at radius 2 is 1.35 bits per heavy atom. The third-order valence-corrected chi connectivity index (χ3v) is 6.77. The highest BCUT2D eigenvalue weighted by atomic mass is 32.2. The van der Waals surface area contributed by atoms with E-state index in [1.54, 1.807) is 36.4 Å². The van der Waals surface area contributed by atoms with Gasteiger partial charge in [0.25, 0.3) is 0 Å². The van der Waals surface area contributed by atoms with Crippen molar-refractivity contribution in [1.29, 1.82) is 0 Å². The summed E-state index contributed by atoms with van der Waals surface area (Å²) in [5, 5.41) is 9.20. The fourth-order valence-corrected chi connectivity index (χ4v) is 4.65. The van der Waals surface area contributed by atoms with Crippen LogP contribution in [0.4, 0.5) is 4.39 Å². The summed E-state index contributed by atoms with van der Waals surface area (Å²) in [6.45, 7) is 0. The van der Waals surface area contributed by atoms with E-state index in [0.29, 0.717) is 11.1 Å². The molecule has 0 aromatic heterocycles. The summed E-state index contributed by atoms with van der Waals surface area (Å²) in [6, 6.07) is 28.6. The number of primary amides is 1. The third-order valence-electron chi connectivity index (χ3n) is 5.28. The maximum Gasteiger partial charge on any atom is 0.322 e. The minimum absolute atomic E-state index is 0.0105. The zero-order valence-corrected chi connectivity index (χ0v) is 20.4. The Labute approximate surface area is 214 Å². The van der Waals surface area contributed by atoms with Crippen LogP contribution < -0.4 is 10.5 Å². The molecule has 0 bridgehead atoms. The second kappa shape index (κ2) is 12.6. The Kier molecular flexibility index (Phi) is 9.26. The van der Waals surface area contributed by atoms with Gasteiger partial charge in [-0.15, -0.1) is 0 Å². The average Bonchev–Trinajstić information content (AvgIpc) is 2.90. The highest BCUT2D eigenvalue weighted by molar-refractivity contribution is 7.89. The minimum atomic E-state index is -4.04. The highest BCUT2D eigenvalue weighted by Gasteiger charge is 2.25. The number of aliphatic carboxylic acids is 1. The van der Waals surface area contributed by atoms with Crippen molar-refractivity contribution in [2.45, 2.75) is 17.4 Å². The molecule has 1 atom stereocenters. The number of hydrogen-bond donors (Lipinski definition) is 3. The molecule has 0 saturated heterocycles. The van der Waals surface area contributed by atoms with E-state index in [4.69, 9.17) is 5.73 Å². The fraction of sp³-hybridized carbons (Fsp3) is 0.0714. The molecule has 0 spiro atoms. The van der Waals surface area contributed by atoms with Gasteiger partial charge in [-0.3, -0.25) is 9.59 Å². The largest absolute Gasteiger partial charge is 0.480 e. The van der Waals surface area contributed by atoms with Crippen LogP contribution in [0.25, 0.3) is 11.1 Å². The lowest BCUT2D eigenvalue weighted by molar-refractivity contribution is -0.138. The van der Waals surface area contributed by atoms with Crippen LogP contribution in [0, 0.1) is 5.82 Å². The number of sulfonamides is 1. The van der Waals surface area contributed by atoms with Crippen LogP contribution >= 0.6 is 0 Å². The number of nitrogens with one attached hydrogen (secondary N) is 1. The Bertz CT molecular complexity index is 1450. The normalized spacial score (nSPS) is 11.6. The van der Waals surface area contributed by atoms with Crippen LogP contribution in [-0.2, 0) is 21.2 Å². The molecule has 0 heterocycles. The summed E-state index contributed by atoms with van der Waals surface area (Å²) in [6.07, 6.45) is 0.0105. The van der Waals surface area contributed by atoms with Crippen molar-refractivity contribution in [3.8, 4) is 11.1 Å². The van der Waals surface area contributed by atoms with E-state index >= 15 is 0 Å². The highest BCUT2D eigenvalue weighted by Crippen LogP contribution is 2.22. The van der Waals surface area contributed by atoms with Crippen molar-refractivity contribution >= 4 is 21.9 Å². The molecule has 0 radical (unpaired) electrons. The van der Waals surface area contributed by atoms with Crippen LogP contribution in [0.1, 0.15) is 15.9 Å². The van der Waals surface area contributed by atoms with E-state index in [-0.39, 0.29) is 11.3 Å². The van der Waals surface area contributed by atoms with Crippen molar-refractivity contribution in [2.75, 3.05) is 0 Å². The first kappa shape index (κ1) is 27.3. The van der Waals surface area contributed by atoms with Crippen molar-refractivity contribution in [2.24, 2.45) is 5.73 Å². The van der Waals surface area contributed by atoms with Crippen molar-refractivity contribution in [1.82, 2.24) is 4.72 Å². The Morgan fingerprint density at radius 1 is 0.811 bits per heavy atom. The Morgan fingerprint density at radius 3 is 1.92 bits per heavy atom. The lowest BCUT2D eigenvalue weighted by Gasteiger charge is -2.15. The lowest BCUT2D eigenvalue weighted by atomic mass is 9.99. The zero-order chi connectivity index (χ0) is 26.8. The maximum atomic E-state index is 12.8. The van der Waals surface area contributed by atoms with Gasteiger partial charge in [0.05, 0.1) is 4.90 Å². The number of benzene rings is 4. The van der Waals surface area contributed by atoms with Gasteiger partial charge in [0.15, 0.2) is 0 Å². The first-order valence-corrected chi connectivity index (χ1v) is 12.6. The molecular weight excluding hydrogens is 495 g/mol. The van der Waals surface area contributed by atoms with Gasteiger partial charge in [-0.1, -0.05) is 78.9 Å². The minimum Gasteiger partial charge on any atom is -0.480 e. The Balaban J connectivity index is 0.000000220. The van der Waals surface area contributed by atoms with Gasteiger partial charge in [-0.2, -0.15) is 4.72 Å². The van der Waals surface area contributed by atoms with Crippen LogP contribution in [0.2, 0.25) is 0 Å². The van der Waals surface area contributed by atoms with E-state index < -0.39 is 33.8 Å². The van der Waals surface area contributed by atoms with Gasteiger partial charge in [0.2, 0.25) is 15.9 Å². The second-order valence-electron chi connectivity index (χ2n) is 7.93. The molecule has 4 aromatic rings. The second-order valence-corrected chi connectivity index (χ2v) is 9.65. The fourth-order valence-electron chi connectivity index (χ4n) is 3.47. The summed E-state index contributed by atoms with van der Waals surface area (Å²) in [5.41, 5.74) is 8.45. The number of hydrogen-bond acceptors (Lipinski definition) is 4. The van der Waals surface area contributed by atoms with E-state index in [2.05, 4.69) is 4.72 Å². The average molecular weight is 521 g/mol. The van der Waals surface area contributed by atoms with Gasteiger partial charge in [-0.25, -0.2) is 12.8 Å². The first-order chi connectivity index (χ1) is 17.7. The summed E-state index contributed by atoms with van der Waals surface area (Å²) in [4.78, 5) is 22.3. The molecule has 4 rings (SSSR count). The SMILES string of the molecule is NC(=O)c1ccccc1-c1ccccc1.O=C(O)[C@H](Cc1ccccc1)NS(=O)(=O)c1ccc(F)cc1.